The molecular weight excluding hydrogens is 132 g/mol. The highest BCUT2D eigenvalue weighted by Crippen LogP contribution is 2.31. The molecule has 0 nitrogen and oxygen atoms in total. The lowest BCUT2D eigenvalue weighted by atomic mass is 9.83. The van der Waals surface area contributed by atoms with Gasteiger partial charge in [-0.25, -0.2) is 0 Å². The van der Waals surface area contributed by atoms with Gasteiger partial charge in [0.15, 0.2) is 0 Å². The van der Waals surface area contributed by atoms with Crippen molar-refractivity contribution in [2.24, 2.45) is 5.92 Å². The molecule has 0 N–H and O–H groups in total. The fourth-order valence-corrected chi connectivity index (χ4v) is 1.53. The Kier molecular flexibility index (Phi) is 2.70. The van der Waals surface area contributed by atoms with E-state index in [9.17, 15) is 0 Å². The standard InChI is InChI=1S/C11H16/c1-4-5-11-8-9(2)6-7-10(11)3/h4-5,9H,1,3,6-8H2,2H3/b11-5-. The normalized spacial score (nSPS) is 29.0. The molecule has 0 heterocycles. The lowest BCUT2D eigenvalue weighted by Crippen LogP contribution is -2.06. The van der Waals surface area contributed by atoms with Gasteiger partial charge in [-0.2, -0.15) is 0 Å². The maximum atomic E-state index is 4.03. The zero-order valence-corrected chi connectivity index (χ0v) is 7.27. The lowest BCUT2D eigenvalue weighted by molar-refractivity contribution is 0.498. The van der Waals surface area contributed by atoms with Crippen LogP contribution in [-0.2, 0) is 0 Å². The van der Waals surface area contributed by atoms with Crippen molar-refractivity contribution in [2.75, 3.05) is 0 Å². The van der Waals surface area contributed by atoms with Crippen LogP contribution in [0.5, 0.6) is 0 Å². The number of hydrogen-bond acceptors (Lipinski definition) is 0. The van der Waals surface area contributed by atoms with Crippen molar-refractivity contribution in [1.82, 2.24) is 0 Å². The third-order valence-electron chi connectivity index (χ3n) is 2.28. The van der Waals surface area contributed by atoms with Crippen LogP contribution >= 0.6 is 0 Å². The molecule has 1 fully saturated rings. The second-order valence-corrected chi connectivity index (χ2v) is 3.38. The monoisotopic (exact) mass is 148 g/mol. The molecule has 0 aromatic heterocycles. The molecule has 1 saturated carbocycles. The van der Waals surface area contributed by atoms with E-state index in [-0.39, 0.29) is 0 Å². The average molecular weight is 148 g/mol. The SMILES string of the molecule is C=C/C=C1/CC(C)CCC1=C. The van der Waals surface area contributed by atoms with Crippen LogP contribution in [0, 0.1) is 5.92 Å². The van der Waals surface area contributed by atoms with Gasteiger partial charge < -0.3 is 0 Å². The topological polar surface area (TPSA) is 0 Å². The van der Waals surface area contributed by atoms with E-state index in [2.05, 4.69) is 26.2 Å². The Hall–Kier alpha value is -0.780. The van der Waals surface area contributed by atoms with Crippen molar-refractivity contribution in [1.29, 1.82) is 0 Å². The molecule has 1 unspecified atom stereocenters. The van der Waals surface area contributed by atoms with Gasteiger partial charge in [0.1, 0.15) is 0 Å². The average Bonchev–Trinajstić information content (AvgIpc) is 1.98. The van der Waals surface area contributed by atoms with Crippen LogP contribution in [0.3, 0.4) is 0 Å². The summed E-state index contributed by atoms with van der Waals surface area (Å²) in [5.74, 6) is 0.826. The van der Waals surface area contributed by atoms with Crippen LogP contribution in [0.1, 0.15) is 26.2 Å². The predicted octanol–water partition coefficient (Wildman–Crippen LogP) is 3.48. The molecule has 0 saturated heterocycles. The smallest absolute Gasteiger partial charge is 0.0250 e. The Morgan fingerprint density at radius 3 is 2.91 bits per heavy atom. The van der Waals surface area contributed by atoms with E-state index >= 15 is 0 Å². The van der Waals surface area contributed by atoms with Crippen molar-refractivity contribution in [3.8, 4) is 0 Å². The third kappa shape index (κ3) is 2.07. The number of rotatable bonds is 1. The van der Waals surface area contributed by atoms with Crippen LogP contribution < -0.4 is 0 Å². The second-order valence-electron chi connectivity index (χ2n) is 3.38. The first-order valence-electron chi connectivity index (χ1n) is 4.23. The van der Waals surface area contributed by atoms with Gasteiger partial charge in [-0.15, -0.1) is 0 Å². The van der Waals surface area contributed by atoms with E-state index in [4.69, 9.17) is 0 Å². The van der Waals surface area contributed by atoms with Gasteiger partial charge in [-0.05, 0) is 30.8 Å². The largest absolute Gasteiger partial charge is 0.0991 e. The van der Waals surface area contributed by atoms with Crippen molar-refractivity contribution in [2.45, 2.75) is 26.2 Å². The third-order valence-corrected chi connectivity index (χ3v) is 2.28. The second kappa shape index (κ2) is 3.56. The maximum absolute atomic E-state index is 4.03. The highest BCUT2D eigenvalue weighted by atomic mass is 14.2. The van der Waals surface area contributed by atoms with Crippen molar-refractivity contribution in [3.05, 3.63) is 36.5 Å². The van der Waals surface area contributed by atoms with E-state index in [1.165, 1.54) is 30.4 Å². The minimum absolute atomic E-state index is 0.826. The van der Waals surface area contributed by atoms with Gasteiger partial charge in [0.25, 0.3) is 0 Å². The fraction of sp³-hybridized carbons (Fsp3) is 0.455. The molecule has 0 aliphatic heterocycles. The molecule has 0 heteroatoms. The molecule has 0 bridgehead atoms. The molecule has 60 valence electrons. The summed E-state index contributed by atoms with van der Waals surface area (Å²) in [6.45, 7) is 10.0. The first kappa shape index (κ1) is 8.32. The van der Waals surface area contributed by atoms with Gasteiger partial charge in [-0.3, -0.25) is 0 Å². The summed E-state index contributed by atoms with van der Waals surface area (Å²) in [4.78, 5) is 0. The van der Waals surface area contributed by atoms with Crippen molar-refractivity contribution < 1.29 is 0 Å². The molecule has 1 rings (SSSR count). The Morgan fingerprint density at radius 1 is 1.55 bits per heavy atom. The zero-order valence-electron chi connectivity index (χ0n) is 7.27. The molecular formula is C11H16. The van der Waals surface area contributed by atoms with Gasteiger partial charge in [0.05, 0.1) is 0 Å². The summed E-state index contributed by atoms with van der Waals surface area (Å²) in [6, 6.07) is 0. The summed E-state index contributed by atoms with van der Waals surface area (Å²) in [7, 11) is 0. The number of allylic oxidation sites excluding steroid dienone is 4. The van der Waals surface area contributed by atoms with E-state index < -0.39 is 0 Å². The van der Waals surface area contributed by atoms with E-state index in [0.29, 0.717) is 0 Å². The maximum Gasteiger partial charge on any atom is -0.0250 e. The summed E-state index contributed by atoms with van der Waals surface area (Å²) in [5, 5.41) is 0. The van der Waals surface area contributed by atoms with Gasteiger partial charge >= 0.3 is 0 Å². The first-order valence-corrected chi connectivity index (χ1v) is 4.23. The molecule has 1 aliphatic rings. The molecule has 0 amide bonds. The summed E-state index contributed by atoms with van der Waals surface area (Å²) in [5.41, 5.74) is 2.71. The van der Waals surface area contributed by atoms with Crippen LogP contribution in [-0.4, -0.2) is 0 Å². The van der Waals surface area contributed by atoms with E-state index in [1.807, 2.05) is 6.08 Å². The summed E-state index contributed by atoms with van der Waals surface area (Å²) >= 11 is 0. The Bertz CT molecular complexity index is 196. The van der Waals surface area contributed by atoms with Crippen LogP contribution in [0.4, 0.5) is 0 Å². The highest BCUT2D eigenvalue weighted by Gasteiger charge is 2.14. The van der Waals surface area contributed by atoms with E-state index in [1.54, 1.807) is 0 Å². The molecule has 1 atom stereocenters. The van der Waals surface area contributed by atoms with Crippen LogP contribution in [0.15, 0.2) is 36.5 Å². The van der Waals surface area contributed by atoms with Crippen LogP contribution in [0.2, 0.25) is 0 Å². The highest BCUT2D eigenvalue weighted by molar-refractivity contribution is 5.33. The van der Waals surface area contributed by atoms with Gasteiger partial charge in [0, 0.05) is 0 Å². The summed E-state index contributed by atoms with van der Waals surface area (Å²) in [6.07, 6.45) is 7.61. The van der Waals surface area contributed by atoms with Gasteiger partial charge in [-0.1, -0.05) is 37.8 Å². The quantitative estimate of drug-likeness (QED) is 0.534. The Morgan fingerprint density at radius 2 is 2.27 bits per heavy atom. The molecule has 0 aromatic rings. The first-order chi connectivity index (χ1) is 5.24. The van der Waals surface area contributed by atoms with Crippen LogP contribution in [0.25, 0.3) is 0 Å². The molecule has 11 heavy (non-hydrogen) atoms. The fourth-order valence-electron chi connectivity index (χ4n) is 1.53. The van der Waals surface area contributed by atoms with Gasteiger partial charge in [0.2, 0.25) is 0 Å². The number of hydrogen-bond donors (Lipinski definition) is 0. The zero-order chi connectivity index (χ0) is 8.27. The minimum atomic E-state index is 0.826. The lowest BCUT2D eigenvalue weighted by Gasteiger charge is -2.22. The minimum Gasteiger partial charge on any atom is -0.0991 e. The molecule has 0 spiro atoms. The predicted molar refractivity (Wildman–Crippen MR) is 50.4 cm³/mol. The molecule has 1 aliphatic carbocycles. The van der Waals surface area contributed by atoms with E-state index in [0.717, 1.165) is 5.92 Å². The van der Waals surface area contributed by atoms with Crippen molar-refractivity contribution in [3.63, 3.8) is 0 Å². The summed E-state index contributed by atoms with van der Waals surface area (Å²) < 4.78 is 0. The Labute approximate surface area is 69.3 Å². The van der Waals surface area contributed by atoms with Crippen molar-refractivity contribution >= 4 is 0 Å². The molecule has 0 aromatic carbocycles. The molecule has 0 radical (unpaired) electrons. The Balaban J connectivity index is 2.68.